The number of fused-ring (bicyclic) bond motifs is 3. The Balaban J connectivity index is 0.992. The van der Waals surface area contributed by atoms with Crippen LogP contribution in [0.15, 0.2) is 249 Å². The van der Waals surface area contributed by atoms with Crippen LogP contribution in [0.25, 0.3) is 82.8 Å². The van der Waals surface area contributed by atoms with Crippen molar-refractivity contribution < 1.29 is 0 Å². The number of nitrogens with zero attached hydrogens (tertiary/aromatic N) is 3. The third-order valence-corrected chi connectivity index (χ3v) is 18.3. The van der Waals surface area contributed by atoms with Crippen LogP contribution >= 0.6 is 0 Å². The fourth-order valence-electron chi connectivity index (χ4n) is 11.0. The van der Waals surface area contributed by atoms with Crippen molar-refractivity contribution in [1.82, 2.24) is 13.7 Å². The lowest BCUT2D eigenvalue weighted by Gasteiger charge is -2.34. The fourth-order valence-corrected chi connectivity index (χ4v) is 15.8. The Morgan fingerprint density at radius 2 is 0.656 bits per heavy atom. The summed E-state index contributed by atoms with van der Waals surface area (Å²) in [7, 11) is -2.74. The number of hydrogen-bond donors (Lipinski definition) is 0. The van der Waals surface area contributed by atoms with Gasteiger partial charge in [0.05, 0.1) is 38.8 Å². The summed E-state index contributed by atoms with van der Waals surface area (Å²) in [6.07, 6.45) is 0. The van der Waals surface area contributed by atoms with Crippen molar-refractivity contribution in [2.45, 2.75) is 0 Å². The molecule has 0 aliphatic heterocycles. The van der Waals surface area contributed by atoms with E-state index in [0.29, 0.717) is 0 Å². The normalized spacial score (nSPS) is 12.1. The summed E-state index contributed by atoms with van der Waals surface area (Å²) in [6, 6.07) is 92.1. The van der Waals surface area contributed by atoms with Crippen LogP contribution in [0.4, 0.5) is 0 Å². The van der Waals surface area contributed by atoms with Crippen LogP contribution in [-0.2, 0) is 0 Å². The Labute approximate surface area is 372 Å². The molecule has 0 radical (unpaired) electrons. The molecule has 0 N–H and O–H groups in total. The van der Waals surface area contributed by atoms with Gasteiger partial charge in [-0.1, -0.05) is 182 Å². The number of rotatable bonds is 8. The molecule has 300 valence electrons. The lowest BCUT2D eigenvalue weighted by atomic mass is 10.0. The molecule has 10 aromatic carbocycles. The highest BCUT2D eigenvalue weighted by atomic mass is 28.3. The summed E-state index contributed by atoms with van der Waals surface area (Å²) in [5.41, 5.74) is 13.1. The quantitative estimate of drug-likeness (QED) is 0.107. The largest absolute Gasteiger partial charge is 0.309 e. The second-order valence-electron chi connectivity index (χ2n) is 16.8. The molecule has 0 aliphatic rings. The van der Waals surface area contributed by atoms with E-state index in [1.807, 2.05) is 0 Å². The van der Waals surface area contributed by atoms with Crippen molar-refractivity contribution in [2.75, 3.05) is 0 Å². The zero-order valence-corrected chi connectivity index (χ0v) is 36.0. The second kappa shape index (κ2) is 14.5. The van der Waals surface area contributed by atoms with Crippen LogP contribution in [0, 0.1) is 0 Å². The Hall–Kier alpha value is -8.18. The molecule has 0 bridgehead atoms. The fraction of sp³-hybridized carbons (Fsp3) is 0. The number of benzene rings is 10. The first-order valence-electron chi connectivity index (χ1n) is 22.1. The third-order valence-electron chi connectivity index (χ3n) is 13.6. The van der Waals surface area contributed by atoms with Gasteiger partial charge in [0, 0.05) is 38.5 Å². The zero-order chi connectivity index (χ0) is 42.2. The van der Waals surface area contributed by atoms with Gasteiger partial charge in [0.2, 0.25) is 0 Å². The first kappa shape index (κ1) is 36.5. The van der Waals surface area contributed by atoms with Crippen LogP contribution in [0.5, 0.6) is 0 Å². The smallest absolute Gasteiger partial charge is 0.179 e. The van der Waals surface area contributed by atoms with Crippen LogP contribution in [0.3, 0.4) is 0 Å². The number of hydrogen-bond acceptors (Lipinski definition) is 0. The Bertz CT molecular complexity index is 3620. The van der Waals surface area contributed by atoms with Crippen molar-refractivity contribution >= 4 is 83.5 Å². The van der Waals surface area contributed by atoms with Gasteiger partial charge in [0.1, 0.15) is 0 Å². The maximum atomic E-state index is 2.50. The molecule has 13 aromatic rings. The average Bonchev–Trinajstić information content (AvgIpc) is 4.02. The van der Waals surface area contributed by atoms with Gasteiger partial charge in [-0.05, 0) is 93.0 Å². The molecule has 3 nitrogen and oxygen atoms in total. The molecule has 0 saturated heterocycles. The Morgan fingerprint density at radius 1 is 0.266 bits per heavy atom. The van der Waals surface area contributed by atoms with Crippen molar-refractivity contribution in [3.8, 4) is 28.2 Å². The van der Waals surface area contributed by atoms with Gasteiger partial charge in [-0.3, -0.25) is 0 Å². The van der Waals surface area contributed by atoms with Gasteiger partial charge in [-0.25, -0.2) is 0 Å². The summed E-state index contributed by atoms with van der Waals surface area (Å²) in [4.78, 5) is 0. The summed E-state index contributed by atoms with van der Waals surface area (Å²) in [5.74, 6) is 0. The van der Waals surface area contributed by atoms with Gasteiger partial charge in [-0.15, -0.1) is 0 Å². The monoisotopic (exact) mass is 831 g/mol. The van der Waals surface area contributed by atoms with Crippen LogP contribution in [-0.4, -0.2) is 21.8 Å². The van der Waals surface area contributed by atoms with E-state index in [2.05, 4.69) is 262 Å². The van der Waals surface area contributed by atoms with E-state index in [9.17, 15) is 0 Å². The van der Waals surface area contributed by atoms with E-state index in [4.69, 9.17) is 0 Å². The van der Waals surface area contributed by atoms with Crippen molar-refractivity contribution in [1.29, 1.82) is 0 Å². The van der Waals surface area contributed by atoms with Crippen molar-refractivity contribution in [2.24, 2.45) is 0 Å². The molecule has 0 fully saturated rings. The molecule has 4 heteroatoms. The minimum atomic E-state index is -2.74. The molecule has 0 aliphatic carbocycles. The molecular weight excluding hydrogens is 791 g/mol. The minimum Gasteiger partial charge on any atom is -0.309 e. The predicted molar refractivity (Wildman–Crippen MR) is 272 cm³/mol. The third kappa shape index (κ3) is 5.27. The molecule has 0 saturated carbocycles. The van der Waals surface area contributed by atoms with E-state index < -0.39 is 8.07 Å². The Kier molecular flexibility index (Phi) is 8.23. The van der Waals surface area contributed by atoms with E-state index in [1.165, 1.54) is 97.9 Å². The SMILES string of the molecule is c1ccc([Si](c2ccccc2)(c2ccccc2)c2cccc(-n3c4cccc5c4c4c(cccc43)n5-c3cccc(-c4ccccc4-n4c5ccccc5c5ccccc54)c3)c2)cc1. The zero-order valence-electron chi connectivity index (χ0n) is 35.0. The second-order valence-corrected chi connectivity index (χ2v) is 20.7. The van der Waals surface area contributed by atoms with Crippen molar-refractivity contribution in [3.05, 3.63) is 249 Å². The van der Waals surface area contributed by atoms with Crippen molar-refractivity contribution in [3.63, 3.8) is 0 Å². The molecule has 0 atom stereocenters. The molecule has 3 aromatic heterocycles. The first-order chi connectivity index (χ1) is 31.8. The molecule has 0 unspecified atom stereocenters. The van der Waals surface area contributed by atoms with Gasteiger partial charge < -0.3 is 13.7 Å². The standard InChI is InChI=1S/C60H41N3Si/c1-4-23-45(24-5-1)64(46-25-6-2-7-26-46,47-27-8-3-9-28-47)48-29-17-22-44(41-48)62-57-38-18-36-55-59(57)60-56(37-19-39-58(60)62)61(55)43-21-16-20-42(40-43)49-30-10-13-33-52(49)63-53-34-14-11-31-50(53)51-32-12-15-35-54(51)63/h1-41H. The lowest BCUT2D eigenvalue weighted by Crippen LogP contribution is -2.74. The molecule has 0 spiro atoms. The van der Waals surface area contributed by atoms with Gasteiger partial charge in [0.15, 0.2) is 8.07 Å². The summed E-state index contributed by atoms with van der Waals surface area (Å²) >= 11 is 0. The van der Waals surface area contributed by atoms with E-state index >= 15 is 0 Å². The molecule has 0 amide bonds. The van der Waals surface area contributed by atoms with Gasteiger partial charge in [-0.2, -0.15) is 0 Å². The first-order valence-corrected chi connectivity index (χ1v) is 24.1. The highest BCUT2D eigenvalue weighted by molar-refractivity contribution is 7.19. The maximum Gasteiger partial charge on any atom is 0.179 e. The number of aromatic nitrogens is 3. The van der Waals surface area contributed by atoms with Crippen LogP contribution in [0.2, 0.25) is 0 Å². The summed E-state index contributed by atoms with van der Waals surface area (Å²) in [5, 5.41) is 10.6. The molecule has 64 heavy (non-hydrogen) atoms. The minimum absolute atomic E-state index is 1.14. The maximum absolute atomic E-state index is 2.74. The molecule has 3 heterocycles. The van der Waals surface area contributed by atoms with Crippen LogP contribution < -0.4 is 20.7 Å². The molecule has 13 rings (SSSR count). The number of para-hydroxylation sites is 3. The highest BCUT2D eigenvalue weighted by Crippen LogP contribution is 2.43. The van der Waals surface area contributed by atoms with Gasteiger partial charge >= 0.3 is 0 Å². The Morgan fingerprint density at radius 3 is 1.19 bits per heavy atom. The van der Waals surface area contributed by atoms with Crippen LogP contribution in [0.1, 0.15) is 0 Å². The lowest BCUT2D eigenvalue weighted by molar-refractivity contribution is 1.16. The highest BCUT2D eigenvalue weighted by Gasteiger charge is 2.41. The summed E-state index contributed by atoms with van der Waals surface area (Å²) in [6.45, 7) is 0. The van der Waals surface area contributed by atoms with E-state index in [-0.39, 0.29) is 0 Å². The van der Waals surface area contributed by atoms with E-state index in [1.54, 1.807) is 0 Å². The van der Waals surface area contributed by atoms with E-state index in [0.717, 1.165) is 5.69 Å². The predicted octanol–water partition coefficient (Wildman–Crippen LogP) is 12.3. The van der Waals surface area contributed by atoms with Gasteiger partial charge in [0.25, 0.3) is 0 Å². The average molecular weight is 832 g/mol. The summed E-state index contributed by atoms with van der Waals surface area (Å²) < 4.78 is 7.40. The molecular formula is C60H41N3Si. The topological polar surface area (TPSA) is 14.8 Å².